The molecule has 1 N–H and O–H groups in total. The SMILES string of the molecule is O=C(Nc1ccc2c(c1)OCO2)N1C[C@H]2CCCN2c2ccccc21. The second-order valence-electron chi connectivity index (χ2n) is 6.59. The van der Waals surface area contributed by atoms with Crippen LogP contribution in [0.25, 0.3) is 0 Å². The number of rotatable bonds is 1. The maximum absolute atomic E-state index is 12.9. The van der Waals surface area contributed by atoms with E-state index in [1.807, 2.05) is 35.2 Å². The molecule has 128 valence electrons. The molecule has 3 aliphatic rings. The van der Waals surface area contributed by atoms with Gasteiger partial charge in [-0.3, -0.25) is 4.90 Å². The third-order valence-corrected chi connectivity index (χ3v) is 5.12. The summed E-state index contributed by atoms with van der Waals surface area (Å²) >= 11 is 0. The smallest absolute Gasteiger partial charge is 0.326 e. The molecule has 0 aliphatic carbocycles. The number of ether oxygens (including phenoxy) is 2. The largest absolute Gasteiger partial charge is 0.454 e. The summed E-state index contributed by atoms with van der Waals surface area (Å²) in [6, 6.07) is 13.9. The summed E-state index contributed by atoms with van der Waals surface area (Å²) in [5.41, 5.74) is 2.83. The fourth-order valence-corrected chi connectivity index (χ4v) is 3.94. The van der Waals surface area contributed by atoms with Crippen molar-refractivity contribution in [3.05, 3.63) is 42.5 Å². The summed E-state index contributed by atoms with van der Waals surface area (Å²) in [5.74, 6) is 1.38. The van der Waals surface area contributed by atoms with Crippen molar-refractivity contribution in [2.45, 2.75) is 18.9 Å². The summed E-state index contributed by atoms with van der Waals surface area (Å²) < 4.78 is 10.7. The van der Waals surface area contributed by atoms with Crippen LogP contribution in [-0.2, 0) is 0 Å². The summed E-state index contributed by atoms with van der Waals surface area (Å²) in [6.45, 7) is 2.01. The van der Waals surface area contributed by atoms with Gasteiger partial charge in [0.05, 0.1) is 11.4 Å². The van der Waals surface area contributed by atoms with E-state index in [1.165, 1.54) is 6.42 Å². The predicted molar refractivity (Wildman–Crippen MR) is 95.7 cm³/mol. The molecule has 2 amide bonds. The zero-order chi connectivity index (χ0) is 16.8. The normalized spacial score (nSPS) is 20.2. The Bertz CT molecular complexity index is 838. The molecule has 0 saturated carbocycles. The fraction of sp³-hybridized carbons (Fsp3) is 0.316. The Hall–Kier alpha value is -2.89. The zero-order valence-corrected chi connectivity index (χ0v) is 13.8. The number of para-hydroxylation sites is 2. The monoisotopic (exact) mass is 337 g/mol. The topological polar surface area (TPSA) is 54.0 Å². The van der Waals surface area contributed by atoms with E-state index >= 15 is 0 Å². The number of nitrogens with zero attached hydrogens (tertiary/aromatic N) is 2. The summed E-state index contributed by atoms with van der Waals surface area (Å²) in [7, 11) is 0. The number of amides is 2. The van der Waals surface area contributed by atoms with Gasteiger partial charge in [0, 0.05) is 30.9 Å². The van der Waals surface area contributed by atoms with Crippen LogP contribution in [0, 0.1) is 0 Å². The number of urea groups is 1. The molecule has 3 heterocycles. The molecule has 25 heavy (non-hydrogen) atoms. The highest BCUT2D eigenvalue weighted by molar-refractivity contribution is 6.04. The van der Waals surface area contributed by atoms with Gasteiger partial charge in [0.25, 0.3) is 0 Å². The van der Waals surface area contributed by atoms with Crippen LogP contribution in [0.5, 0.6) is 11.5 Å². The minimum absolute atomic E-state index is 0.113. The second kappa shape index (κ2) is 5.58. The number of hydrogen-bond donors (Lipinski definition) is 1. The molecule has 2 aromatic carbocycles. The minimum atomic E-state index is -0.113. The van der Waals surface area contributed by atoms with Gasteiger partial charge < -0.3 is 19.7 Å². The Labute approximate surface area is 145 Å². The molecular formula is C19H19N3O3. The fourth-order valence-electron chi connectivity index (χ4n) is 3.94. The molecule has 1 saturated heterocycles. The number of nitrogens with one attached hydrogen (secondary N) is 1. The highest BCUT2D eigenvalue weighted by Crippen LogP contribution is 2.40. The number of hydrogen-bond acceptors (Lipinski definition) is 4. The lowest BCUT2D eigenvalue weighted by Gasteiger charge is -2.40. The number of fused-ring (bicyclic) bond motifs is 4. The van der Waals surface area contributed by atoms with Gasteiger partial charge in [-0.1, -0.05) is 12.1 Å². The molecule has 6 heteroatoms. The highest BCUT2D eigenvalue weighted by atomic mass is 16.7. The average Bonchev–Trinajstić information content (AvgIpc) is 3.29. The van der Waals surface area contributed by atoms with E-state index in [0.29, 0.717) is 29.8 Å². The van der Waals surface area contributed by atoms with Crippen molar-refractivity contribution in [2.24, 2.45) is 0 Å². The molecule has 1 fully saturated rings. The minimum Gasteiger partial charge on any atom is -0.454 e. The lowest BCUT2D eigenvalue weighted by Crippen LogP contribution is -2.49. The second-order valence-corrected chi connectivity index (χ2v) is 6.59. The lowest BCUT2D eigenvalue weighted by atomic mass is 10.1. The van der Waals surface area contributed by atoms with E-state index in [0.717, 1.165) is 24.3 Å². The molecule has 3 aliphatic heterocycles. The number of carbonyl (C=O) groups excluding carboxylic acids is 1. The van der Waals surface area contributed by atoms with Crippen molar-refractivity contribution in [3.8, 4) is 11.5 Å². The van der Waals surface area contributed by atoms with Crippen LogP contribution in [0.2, 0.25) is 0 Å². The lowest BCUT2D eigenvalue weighted by molar-refractivity contribution is 0.174. The quantitative estimate of drug-likeness (QED) is 0.866. The van der Waals surface area contributed by atoms with Gasteiger partial charge in [-0.15, -0.1) is 0 Å². The van der Waals surface area contributed by atoms with Gasteiger partial charge in [-0.05, 0) is 37.1 Å². The van der Waals surface area contributed by atoms with Crippen LogP contribution in [0.1, 0.15) is 12.8 Å². The summed E-state index contributed by atoms with van der Waals surface area (Å²) in [5, 5.41) is 3.00. The standard InChI is InChI=1S/C19H19N3O3/c23-19(20-13-7-8-17-18(10-13)25-12-24-17)22-11-14-4-3-9-21(14)15-5-1-2-6-16(15)22/h1-2,5-8,10,14H,3-4,9,11-12H2,(H,20,23)/t14-/m1/s1. The number of carbonyl (C=O) groups is 1. The van der Waals surface area contributed by atoms with Crippen molar-refractivity contribution in [1.29, 1.82) is 0 Å². The van der Waals surface area contributed by atoms with Gasteiger partial charge in [-0.25, -0.2) is 4.79 Å². The molecule has 6 nitrogen and oxygen atoms in total. The molecule has 5 rings (SSSR count). The van der Waals surface area contributed by atoms with E-state index in [-0.39, 0.29) is 12.8 Å². The maximum atomic E-state index is 12.9. The van der Waals surface area contributed by atoms with E-state index in [4.69, 9.17) is 9.47 Å². The zero-order valence-electron chi connectivity index (χ0n) is 13.8. The first-order chi connectivity index (χ1) is 12.3. The number of benzene rings is 2. The van der Waals surface area contributed by atoms with E-state index in [2.05, 4.69) is 16.3 Å². The van der Waals surface area contributed by atoms with Crippen molar-refractivity contribution >= 4 is 23.1 Å². The van der Waals surface area contributed by atoms with Crippen LogP contribution in [-0.4, -0.2) is 32.0 Å². The highest BCUT2D eigenvalue weighted by Gasteiger charge is 2.36. The maximum Gasteiger partial charge on any atom is 0.326 e. The van der Waals surface area contributed by atoms with Crippen LogP contribution in [0.3, 0.4) is 0 Å². The Kier molecular flexibility index (Phi) is 3.23. The van der Waals surface area contributed by atoms with E-state index in [1.54, 1.807) is 6.07 Å². The van der Waals surface area contributed by atoms with Crippen LogP contribution < -0.4 is 24.6 Å². The van der Waals surface area contributed by atoms with Crippen molar-refractivity contribution in [2.75, 3.05) is 35.0 Å². The van der Waals surface area contributed by atoms with Crippen molar-refractivity contribution < 1.29 is 14.3 Å². The number of anilines is 3. The molecule has 0 spiro atoms. The van der Waals surface area contributed by atoms with Gasteiger partial charge in [0.1, 0.15) is 0 Å². The third kappa shape index (κ3) is 2.36. The molecule has 0 unspecified atom stereocenters. The van der Waals surface area contributed by atoms with Gasteiger partial charge in [0.15, 0.2) is 11.5 Å². The van der Waals surface area contributed by atoms with Gasteiger partial charge in [-0.2, -0.15) is 0 Å². The molecule has 0 bridgehead atoms. The molecule has 1 atom stereocenters. The van der Waals surface area contributed by atoms with Gasteiger partial charge >= 0.3 is 6.03 Å². The molecule has 0 aromatic heterocycles. The van der Waals surface area contributed by atoms with Gasteiger partial charge in [0.2, 0.25) is 6.79 Å². The Morgan fingerprint density at radius 1 is 1.08 bits per heavy atom. The van der Waals surface area contributed by atoms with E-state index < -0.39 is 0 Å². The predicted octanol–water partition coefficient (Wildman–Crippen LogP) is 3.44. The van der Waals surface area contributed by atoms with Crippen molar-refractivity contribution in [1.82, 2.24) is 0 Å². The first kappa shape index (κ1) is 14.5. The first-order valence-corrected chi connectivity index (χ1v) is 8.63. The Balaban J connectivity index is 1.42. The Morgan fingerprint density at radius 2 is 1.92 bits per heavy atom. The Morgan fingerprint density at radius 3 is 2.84 bits per heavy atom. The van der Waals surface area contributed by atoms with Crippen molar-refractivity contribution in [3.63, 3.8) is 0 Å². The van der Waals surface area contributed by atoms with E-state index in [9.17, 15) is 4.79 Å². The summed E-state index contributed by atoms with van der Waals surface area (Å²) in [6.07, 6.45) is 2.30. The van der Waals surface area contributed by atoms with Crippen LogP contribution in [0.15, 0.2) is 42.5 Å². The van der Waals surface area contributed by atoms with Crippen LogP contribution in [0.4, 0.5) is 21.9 Å². The average molecular weight is 337 g/mol. The molecular weight excluding hydrogens is 318 g/mol. The summed E-state index contributed by atoms with van der Waals surface area (Å²) in [4.78, 5) is 17.2. The molecule has 2 aromatic rings. The first-order valence-electron chi connectivity index (χ1n) is 8.63. The molecule has 0 radical (unpaired) electrons. The third-order valence-electron chi connectivity index (χ3n) is 5.12. The van der Waals surface area contributed by atoms with Crippen LogP contribution >= 0.6 is 0 Å².